The lowest BCUT2D eigenvalue weighted by Gasteiger charge is -1.99. The van der Waals surface area contributed by atoms with Crippen LogP contribution < -0.4 is 0 Å². The fourth-order valence-electron chi connectivity index (χ4n) is 0.139. The molecule has 0 saturated carbocycles. The molecule has 5 nitrogen and oxygen atoms in total. The summed E-state index contributed by atoms with van der Waals surface area (Å²) in [6.07, 6.45) is 0. The molecule has 0 spiro atoms. The van der Waals surface area contributed by atoms with Crippen LogP contribution in [0.25, 0.3) is 0 Å². The Kier molecular flexibility index (Phi) is 3.38. The van der Waals surface area contributed by atoms with Gasteiger partial charge in [-0.3, -0.25) is 9.32 Å². The Hall–Kier alpha value is 0.130. The largest absolute Gasteiger partial charge is 0.470 e. The fraction of sp³-hybridized carbons (Fsp3) is 0.500. The van der Waals surface area contributed by atoms with Crippen LogP contribution in [0.3, 0.4) is 0 Å². The highest BCUT2D eigenvalue weighted by molar-refractivity contribution is 7.96. The summed E-state index contributed by atoms with van der Waals surface area (Å²) in [5.41, 5.74) is 0. The maximum atomic E-state index is 9.89. The van der Waals surface area contributed by atoms with Crippen molar-refractivity contribution in [1.82, 2.24) is 0 Å². The van der Waals surface area contributed by atoms with Gasteiger partial charge in [0.15, 0.2) is 0 Å². The highest BCUT2D eigenvalue weighted by atomic mass is 32.1. The fourth-order valence-corrected chi connectivity index (χ4v) is 0.591. The van der Waals surface area contributed by atoms with Crippen molar-refractivity contribution in [3.63, 3.8) is 0 Å². The smallest absolute Gasteiger partial charge is 0.303 e. The number of hydrogen-bond acceptors (Lipinski definition) is 3. The Morgan fingerprint density at radius 1 is 1.67 bits per heavy atom. The van der Waals surface area contributed by atoms with Gasteiger partial charge in [-0.05, 0) is 0 Å². The van der Waals surface area contributed by atoms with Crippen LogP contribution in [0.15, 0.2) is 0 Å². The highest BCUT2D eigenvalue weighted by Gasteiger charge is 2.14. The van der Waals surface area contributed by atoms with Crippen LogP contribution in [0, 0.1) is 0 Å². The first kappa shape index (κ1) is 9.13. The van der Waals surface area contributed by atoms with E-state index in [9.17, 15) is 9.36 Å². The third-order valence-electron chi connectivity index (χ3n) is 0.356. The number of hydrogen-bond donors (Lipinski definition) is 3. The first-order valence-corrected chi connectivity index (χ1v) is 3.81. The van der Waals surface area contributed by atoms with Crippen LogP contribution in [0.2, 0.25) is 0 Å². The van der Waals surface area contributed by atoms with Gasteiger partial charge in [0.25, 0.3) is 0 Å². The molecule has 0 aromatic heterocycles. The first-order valence-electron chi connectivity index (χ1n) is 1.84. The molecule has 0 atom stereocenters. The van der Waals surface area contributed by atoms with Gasteiger partial charge in [-0.15, -0.1) is 12.6 Å². The standard InChI is InChI=1S/C2H5O5PS/c3-2(9)1-7-8(4,5)6/h1H2,(H,3,9)(H2,4,5,6). The van der Waals surface area contributed by atoms with Gasteiger partial charge in [0, 0.05) is 0 Å². The normalized spacial score (nSPS) is 11.4. The molecular formula is C2H5O5PS. The Bertz CT molecular complexity index is 149. The number of phosphoric ester groups is 1. The second kappa shape index (κ2) is 3.34. The Balaban J connectivity index is 3.53. The molecule has 0 amide bonds. The van der Waals surface area contributed by atoms with Gasteiger partial charge in [0.2, 0.25) is 5.12 Å². The molecule has 0 heterocycles. The monoisotopic (exact) mass is 172 g/mol. The minimum Gasteiger partial charge on any atom is -0.303 e. The molecular weight excluding hydrogens is 167 g/mol. The van der Waals surface area contributed by atoms with Gasteiger partial charge >= 0.3 is 7.82 Å². The molecule has 0 aliphatic heterocycles. The van der Waals surface area contributed by atoms with Crippen molar-refractivity contribution in [2.75, 3.05) is 6.61 Å². The van der Waals surface area contributed by atoms with Crippen molar-refractivity contribution in [2.45, 2.75) is 0 Å². The molecule has 2 N–H and O–H groups in total. The number of rotatable bonds is 3. The summed E-state index contributed by atoms with van der Waals surface area (Å²) in [6.45, 7) is -0.673. The van der Waals surface area contributed by atoms with Crippen LogP contribution in [-0.4, -0.2) is 21.5 Å². The lowest BCUT2D eigenvalue weighted by molar-refractivity contribution is -0.113. The van der Waals surface area contributed by atoms with E-state index in [0.717, 1.165) is 0 Å². The quantitative estimate of drug-likeness (QED) is 0.396. The van der Waals surface area contributed by atoms with Crippen molar-refractivity contribution in [1.29, 1.82) is 0 Å². The van der Waals surface area contributed by atoms with Crippen molar-refractivity contribution in [3.05, 3.63) is 0 Å². The third kappa shape index (κ3) is 8.13. The van der Waals surface area contributed by atoms with Crippen molar-refractivity contribution in [2.24, 2.45) is 0 Å². The zero-order valence-corrected chi connectivity index (χ0v) is 6.01. The third-order valence-corrected chi connectivity index (χ3v) is 0.951. The van der Waals surface area contributed by atoms with Crippen LogP contribution in [0.5, 0.6) is 0 Å². The molecule has 0 rings (SSSR count). The molecule has 0 bridgehead atoms. The van der Waals surface area contributed by atoms with E-state index in [-0.39, 0.29) is 0 Å². The van der Waals surface area contributed by atoms with E-state index in [1.165, 1.54) is 0 Å². The second-order valence-corrected chi connectivity index (χ2v) is 2.90. The van der Waals surface area contributed by atoms with Gasteiger partial charge in [-0.2, -0.15) is 0 Å². The second-order valence-electron chi connectivity index (χ2n) is 1.16. The molecule has 0 aromatic rings. The Labute approximate surface area is 56.7 Å². The molecule has 0 radical (unpaired) electrons. The predicted octanol–water partition coefficient (Wildman–Crippen LogP) is -0.448. The van der Waals surface area contributed by atoms with E-state index in [1.807, 2.05) is 0 Å². The van der Waals surface area contributed by atoms with Gasteiger partial charge < -0.3 is 9.79 Å². The SMILES string of the molecule is O=C(S)COP(=O)(O)O. The Morgan fingerprint density at radius 2 is 2.11 bits per heavy atom. The summed E-state index contributed by atoms with van der Waals surface area (Å²) >= 11 is 3.20. The zero-order chi connectivity index (χ0) is 7.49. The Morgan fingerprint density at radius 3 is 2.22 bits per heavy atom. The number of phosphoric acid groups is 1. The summed E-state index contributed by atoms with van der Waals surface area (Å²) in [7, 11) is -4.49. The summed E-state index contributed by atoms with van der Waals surface area (Å²) in [5.74, 6) is 0. The van der Waals surface area contributed by atoms with E-state index in [2.05, 4.69) is 17.2 Å². The molecule has 9 heavy (non-hydrogen) atoms. The first-order chi connectivity index (χ1) is 3.92. The van der Waals surface area contributed by atoms with Crippen molar-refractivity contribution < 1.29 is 23.7 Å². The lowest BCUT2D eigenvalue weighted by Crippen LogP contribution is -1.98. The van der Waals surface area contributed by atoms with Crippen LogP contribution in [0.1, 0.15) is 0 Å². The van der Waals surface area contributed by atoms with Crippen molar-refractivity contribution >= 4 is 25.6 Å². The summed E-state index contributed by atoms with van der Waals surface area (Å²) in [4.78, 5) is 25.8. The van der Waals surface area contributed by atoms with Gasteiger partial charge in [0.05, 0.1) is 0 Å². The van der Waals surface area contributed by atoms with E-state index in [4.69, 9.17) is 9.79 Å². The average molecular weight is 172 g/mol. The molecule has 7 heteroatoms. The summed E-state index contributed by atoms with van der Waals surface area (Å²) in [5, 5.41) is -0.724. The van der Waals surface area contributed by atoms with Crippen LogP contribution in [0.4, 0.5) is 0 Å². The molecule has 0 aromatic carbocycles. The molecule has 0 aliphatic rings. The van der Waals surface area contributed by atoms with E-state index in [0.29, 0.717) is 0 Å². The minimum absolute atomic E-state index is 0.673. The molecule has 0 fully saturated rings. The van der Waals surface area contributed by atoms with E-state index in [1.54, 1.807) is 0 Å². The maximum Gasteiger partial charge on any atom is 0.470 e. The number of carbonyl (C=O) groups is 1. The molecule has 0 aliphatic carbocycles. The molecule has 54 valence electrons. The van der Waals surface area contributed by atoms with Gasteiger partial charge in [0.1, 0.15) is 6.61 Å². The van der Waals surface area contributed by atoms with Crippen LogP contribution in [-0.2, 0) is 13.9 Å². The zero-order valence-electron chi connectivity index (χ0n) is 4.22. The van der Waals surface area contributed by atoms with Crippen molar-refractivity contribution in [3.8, 4) is 0 Å². The van der Waals surface area contributed by atoms with E-state index >= 15 is 0 Å². The van der Waals surface area contributed by atoms with Gasteiger partial charge in [-0.25, -0.2) is 4.57 Å². The maximum absolute atomic E-state index is 9.89. The topological polar surface area (TPSA) is 83.8 Å². The van der Waals surface area contributed by atoms with E-state index < -0.39 is 19.5 Å². The molecule has 0 unspecified atom stereocenters. The minimum atomic E-state index is -4.49. The number of carbonyl (C=O) groups excluding carboxylic acids is 1. The average Bonchev–Trinajstić information content (AvgIpc) is 1.59. The van der Waals surface area contributed by atoms with Crippen LogP contribution >= 0.6 is 20.5 Å². The predicted molar refractivity (Wildman–Crippen MR) is 32.0 cm³/mol. The lowest BCUT2D eigenvalue weighted by atomic mass is 10.8. The van der Waals surface area contributed by atoms with Gasteiger partial charge in [-0.1, -0.05) is 0 Å². The number of thiol groups is 1. The highest BCUT2D eigenvalue weighted by Crippen LogP contribution is 2.35. The summed E-state index contributed by atoms with van der Waals surface area (Å²) < 4.78 is 13.6. The summed E-state index contributed by atoms with van der Waals surface area (Å²) in [6, 6.07) is 0. The molecule has 0 saturated heterocycles.